The van der Waals surface area contributed by atoms with Gasteiger partial charge in [-0.05, 0) is 61.9 Å². The Labute approximate surface area is 178 Å². The van der Waals surface area contributed by atoms with E-state index in [2.05, 4.69) is 6.92 Å². The number of ether oxygens (including phenoxy) is 1. The second-order valence-corrected chi connectivity index (χ2v) is 10.1. The number of carbonyl (C=O) groups excluding carboxylic acids is 1. The number of methoxy groups -OCH3 is 1. The molecule has 1 saturated heterocycles. The van der Waals surface area contributed by atoms with Crippen LogP contribution in [0.3, 0.4) is 0 Å². The summed E-state index contributed by atoms with van der Waals surface area (Å²) in [6.45, 7) is 5.44. The number of amides is 1. The summed E-state index contributed by atoms with van der Waals surface area (Å²) in [6.07, 6.45) is 2.57. The Morgan fingerprint density at radius 1 is 1.07 bits per heavy atom. The van der Waals surface area contributed by atoms with Gasteiger partial charge in [0.15, 0.2) is 0 Å². The molecule has 0 aliphatic carbocycles. The molecule has 2 aromatic rings. The van der Waals surface area contributed by atoms with Crippen molar-refractivity contribution in [2.45, 2.75) is 44.0 Å². The van der Waals surface area contributed by atoms with E-state index in [9.17, 15) is 13.2 Å². The van der Waals surface area contributed by atoms with Crippen LogP contribution in [0.5, 0.6) is 5.75 Å². The Balaban J connectivity index is 1.71. The first-order valence-electron chi connectivity index (χ1n) is 10.4. The monoisotopic (exact) mass is 428 g/mol. The molecule has 4 rings (SSSR count). The third-order valence-electron chi connectivity index (χ3n) is 6.17. The standard InChI is InChI=1S/C23H28N2O4S/c1-16-10-12-24(13-11-16)23(26)20-15-19(8-9-22(20)29-3)30(27,28)25-17(2)14-18-6-4-5-7-21(18)25/h4-9,15-17H,10-14H2,1-3H3/t17-/m1/s1. The van der Waals surface area contributed by atoms with Gasteiger partial charge in [-0.15, -0.1) is 0 Å². The summed E-state index contributed by atoms with van der Waals surface area (Å²) in [7, 11) is -2.32. The quantitative estimate of drug-likeness (QED) is 0.745. The first-order valence-corrected chi connectivity index (χ1v) is 11.9. The first kappa shape index (κ1) is 20.7. The van der Waals surface area contributed by atoms with Gasteiger partial charge in [-0.2, -0.15) is 0 Å². The lowest BCUT2D eigenvalue weighted by molar-refractivity contribution is 0.0693. The number of likely N-dealkylation sites (tertiary alicyclic amines) is 1. The van der Waals surface area contributed by atoms with E-state index in [1.165, 1.54) is 23.5 Å². The van der Waals surface area contributed by atoms with Crippen molar-refractivity contribution >= 4 is 21.6 Å². The van der Waals surface area contributed by atoms with E-state index in [0.717, 1.165) is 18.4 Å². The zero-order chi connectivity index (χ0) is 21.5. The maximum Gasteiger partial charge on any atom is 0.264 e. The lowest BCUT2D eigenvalue weighted by atomic mass is 9.98. The molecule has 0 radical (unpaired) electrons. The summed E-state index contributed by atoms with van der Waals surface area (Å²) in [5, 5.41) is 0. The highest BCUT2D eigenvalue weighted by Crippen LogP contribution is 2.37. The van der Waals surface area contributed by atoms with Gasteiger partial charge in [0.25, 0.3) is 15.9 Å². The Morgan fingerprint density at radius 2 is 1.77 bits per heavy atom. The number of hydrogen-bond acceptors (Lipinski definition) is 4. The number of rotatable bonds is 4. The molecule has 7 heteroatoms. The minimum atomic E-state index is -3.81. The molecule has 30 heavy (non-hydrogen) atoms. The van der Waals surface area contributed by atoms with Crippen molar-refractivity contribution < 1.29 is 17.9 Å². The van der Waals surface area contributed by atoms with E-state index >= 15 is 0 Å². The van der Waals surface area contributed by atoms with E-state index in [4.69, 9.17) is 4.74 Å². The van der Waals surface area contributed by atoms with Gasteiger partial charge in [-0.25, -0.2) is 8.42 Å². The number of para-hydroxylation sites is 1. The average Bonchev–Trinajstić information content (AvgIpc) is 3.09. The van der Waals surface area contributed by atoms with Crippen molar-refractivity contribution in [2.24, 2.45) is 5.92 Å². The maximum atomic E-state index is 13.6. The normalized spacial score (nSPS) is 19.6. The molecule has 6 nitrogen and oxygen atoms in total. The van der Waals surface area contributed by atoms with Crippen LogP contribution in [0.1, 0.15) is 42.6 Å². The predicted octanol–water partition coefficient (Wildman–Crippen LogP) is 3.71. The largest absolute Gasteiger partial charge is 0.496 e. The van der Waals surface area contributed by atoms with Gasteiger partial charge in [0.2, 0.25) is 0 Å². The second-order valence-electron chi connectivity index (χ2n) is 8.32. The molecule has 1 atom stereocenters. The maximum absolute atomic E-state index is 13.6. The van der Waals surface area contributed by atoms with Crippen LogP contribution in [0.2, 0.25) is 0 Å². The predicted molar refractivity (Wildman–Crippen MR) is 117 cm³/mol. The number of fused-ring (bicyclic) bond motifs is 1. The number of hydrogen-bond donors (Lipinski definition) is 0. The molecule has 2 aliphatic rings. The number of piperidine rings is 1. The fourth-order valence-corrected chi connectivity index (χ4v) is 6.13. The average molecular weight is 429 g/mol. The van der Waals surface area contributed by atoms with Gasteiger partial charge < -0.3 is 9.64 Å². The molecule has 0 saturated carbocycles. The molecule has 2 aliphatic heterocycles. The number of nitrogens with zero attached hydrogens (tertiary/aromatic N) is 2. The van der Waals surface area contributed by atoms with Crippen molar-refractivity contribution in [3.05, 3.63) is 53.6 Å². The summed E-state index contributed by atoms with van der Waals surface area (Å²) in [4.78, 5) is 15.1. The highest BCUT2D eigenvalue weighted by atomic mass is 32.2. The zero-order valence-electron chi connectivity index (χ0n) is 17.7. The fraction of sp³-hybridized carbons (Fsp3) is 0.435. The topological polar surface area (TPSA) is 66.9 Å². The molecule has 0 bridgehead atoms. The van der Waals surface area contributed by atoms with Gasteiger partial charge in [0, 0.05) is 19.1 Å². The summed E-state index contributed by atoms with van der Waals surface area (Å²) in [6, 6.07) is 12.0. The van der Waals surface area contributed by atoms with E-state index in [1.807, 2.05) is 31.2 Å². The van der Waals surface area contributed by atoms with E-state index in [1.54, 1.807) is 11.0 Å². The minimum Gasteiger partial charge on any atom is -0.496 e. The van der Waals surface area contributed by atoms with Crippen molar-refractivity contribution in [1.29, 1.82) is 0 Å². The van der Waals surface area contributed by atoms with Gasteiger partial charge in [0.1, 0.15) is 5.75 Å². The summed E-state index contributed by atoms with van der Waals surface area (Å²) in [5.74, 6) is 0.817. The molecule has 0 spiro atoms. The summed E-state index contributed by atoms with van der Waals surface area (Å²) in [5.41, 5.74) is 2.02. The molecule has 2 aromatic carbocycles. The van der Waals surface area contributed by atoms with Crippen LogP contribution < -0.4 is 9.04 Å². The zero-order valence-corrected chi connectivity index (χ0v) is 18.5. The SMILES string of the molecule is COc1ccc(S(=O)(=O)N2c3ccccc3C[C@H]2C)cc1C(=O)N1CCC(C)CC1. The molecule has 0 aromatic heterocycles. The second kappa shape index (κ2) is 7.95. The van der Waals surface area contributed by atoms with Crippen molar-refractivity contribution in [2.75, 3.05) is 24.5 Å². The molecule has 160 valence electrons. The van der Waals surface area contributed by atoms with E-state index < -0.39 is 10.0 Å². The molecule has 1 fully saturated rings. The van der Waals surface area contributed by atoms with Crippen LogP contribution in [0.15, 0.2) is 47.4 Å². The number of anilines is 1. The number of sulfonamides is 1. The lowest BCUT2D eigenvalue weighted by Crippen LogP contribution is -2.38. The Hall–Kier alpha value is -2.54. The highest BCUT2D eigenvalue weighted by molar-refractivity contribution is 7.92. The Kier molecular flexibility index (Phi) is 5.49. The van der Waals surface area contributed by atoms with E-state index in [-0.39, 0.29) is 16.8 Å². The van der Waals surface area contributed by atoms with Gasteiger partial charge in [-0.3, -0.25) is 9.10 Å². The van der Waals surface area contributed by atoms with Crippen LogP contribution in [-0.2, 0) is 16.4 Å². The van der Waals surface area contributed by atoms with Gasteiger partial charge in [-0.1, -0.05) is 25.1 Å². The first-order chi connectivity index (χ1) is 14.3. The van der Waals surface area contributed by atoms with Crippen molar-refractivity contribution in [3.63, 3.8) is 0 Å². The third-order valence-corrected chi connectivity index (χ3v) is 8.10. The molecule has 2 heterocycles. The Bertz CT molecular complexity index is 1060. The van der Waals surface area contributed by atoms with Crippen LogP contribution in [-0.4, -0.2) is 45.5 Å². The van der Waals surface area contributed by atoms with Crippen LogP contribution >= 0.6 is 0 Å². The smallest absolute Gasteiger partial charge is 0.264 e. The van der Waals surface area contributed by atoms with Crippen LogP contribution in [0, 0.1) is 5.92 Å². The van der Waals surface area contributed by atoms with Crippen LogP contribution in [0.25, 0.3) is 0 Å². The highest BCUT2D eigenvalue weighted by Gasteiger charge is 2.36. The van der Waals surface area contributed by atoms with Crippen LogP contribution in [0.4, 0.5) is 5.69 Å². The van der Waals surface area contributed by atoms with Gasteiger partial charge >= 0.3 is 0 Å². The lowest BCUT2D eigenvalue weighted by Gasteiger charge is -2.31. The fourth-order valence-electron chi connectivity index (χ4n) is 4.41. The summed E-state index contributed by atoms with van der Waals surface area (Å²) >= 11 is 0. The third kappa shape index (κ3) is 3.55. The van der Waals surface area contributed by atoms with Gasteiger partial charge in [0.05, 0.1) is 23.3 Å². The molecule has 0 N–H and O–H groups in total. The molecular formula is C23H28N2O4S. The molecule has 1 amide bonds. The molecular weight excluding hydrogens is 400 g/mol. The minimum absolute atomic E-state index is 0.112. The number of benzene rings is 2. The Morgan fingerprint density at radius 3 is 2.47 bits per heavy atom. The van der Waals surface area contributed by atoms with Crippen molar-refractivity contribution in [3.8, 4) is 5.75 Å². The summed E-state index contributed by atoms with van der Waals surface area (Å²) < 4.78 is 34.0. The molecule has 0 unspecified atom stereocenters. The van der Waals surface area contributed by atoms with Crippen molar-refractivity contribution in [1.82, 2.24) is 4.90 Å². The number of carbonyl (C=O) groups is 1. The van der Waals surface area contributed by atoms with E-state index in [0.29, 0.717) is 42.4 Å².